The first-order chi connectivity index (χ1) is 14.7. The van der Waals surface area contributed by atoms with Crippen LogP contribution in [0.15, 0.2) is 84.9 Å². The fourth-order valence-corrected chi connectivity index (χ4v) is 6.16. The van der Waals surface area contributed by atoms with Crippen molar-refractivity contribution in [2.75, 3.05) is 0 Å². The molecule has 0 saturated heterocycles. The van der Waals surface area contributed by atoms with Crippen LogP contribution < -0.4 is 0 Å². The van der Waals surface area contributed by atoms with E-state index in [2.05, 4.69) is 111 Å². The lowest BCUT2D eigenvalue weighted by Crippen LogP contribution is -2.13. The van der Waals surface area contributed by atoms with E-state index in [-0.39, 0.29) is 5.41 Å². The molecule has 0 nitrogen and oxygen atoms in total. The van der Waals surface area contributed by atoms with E-state index in [9.17, 15) is 0 Å². The normalized spacial score (nSPS) is 15.0. The standard InChI is InChI=1S/C29H22S/c1-19-20-9-3-8-14-27(20)28(30-19)29(2)17-15-25-23-12-6-4-10-21(23)22-11-5-7-13-24(22)26(25)16-18-29/h3-18H,1-2H3. The van der Waals surface area contributed by atoms with Gasteiger partial charge in [-0.05, 0) is 57.3 Å². The van der Waals surface area contributed by atoms with Gasteiger partial charge in [-0.3, -0.25) is 0 Å². The van der Waals surface area contributed by atoms with Crippen molar-refractivity contribution in [2.24, 2.45) is 0 Å². The van der Waals surface area contributed by atoms with Crippen molar-refractivity contribution < 1.29 is 0 Å². The van der Waals surface area contributed by atoms with Gasteiger partial charge in [0.25, 0.3) is 0 Å². The number of benzene rings is 4. The Bertz CT molecular complexity index is 1440. The van der Waals surface area contributed by atoms with Gasteiger partial charge in [-0.25, -0.2) is 0 Å². The van der Waals surface area contributed by atoms with Gasteiger partial charge in [-0.15, -0.1) is 11.3 Å². The smallest absolute Gasteiger partial charge is 0.0390 e. The summed E-state index contributed by atoms with van der Waals surface area (Å²) in [6.45, 7) is 4.58. The highest BCUT2D eigenvalue weighted by Crippen LogP contribution is 2.44. The molecule has 0 unspecified atom stereocenters. The predicted molar refractivity (Wildman–Crippen MR) is 133 cm³/mol. The van der Waals surface area contributed by atoms with E-state index >= 15 is 0 Å². The largest absolute Gasteiger partial charge is 0.143 e. The highest BCUT2D eigenvalue weighted by Gasteiger charge is 2.27. The third-order valence-electron chi connectivity index (χ3n) is 6.50. The van der Waals surface area contributed by atoms with Crippen molar-refractivity contribution in [3.05, 3.63) is 106 Å². The van der Waals surface area contributed by atoms with Crippen LogP contribution in [0.2, 0.25) is 0 Å². The van der Waals surface area contributed by atoms with Crippen molar-refractivity contribution in [1.29, 1.82) is 0 Å². The molecule has 0 atom stereocenters. The fraction of sp³-hybridized carbons (Fsp3) is 0.103. The average molecular weight is 403 g/mol. The Balaban J connectivity index is 1.66. The Morgan fingerprint density at radius 2 is 1.00 bits per heavy atom. The molecule has 0 radical (unpaired) electrons. The minimum absolute atomic E-state index is 0.139. The number of thiophene rings is 1. The van der Waals surface area contributed by atoms with Crippen molar-refractivity contribution in [2.45, 2.75) is 19.3 Å². The molecule has 0 saturated carbocycles. The predicted octanol–water partition coefficient (Wildman–Crippen LogP) is 8.51. The summed E-state index contributed by atoms with van der Waals surface area (Å²) in [4.78, 5) is 2.81. The van der Waals surface area contributed by atoms with Gasteiger partial charge < -0.3 is 0 Å². The number of hydrogen-bond acceptors (Lipinski definition) is 1. The van der Waals surface area contributed by atoms with E-state index in [0.29, 0.717) is 0 Å². The highest BCUT2D eigenvalue weighted by molar-refractivity contribution is 7.14. The van der Waals surface area contributed by atoms with Gasteiger partial charge in [-0.2, -0.15) is 0 Å². The zero-order valence-electron chi connectivity index (χ0n) is 17.1. The Morgan fingerprint density at radius 1 is 0.567 bits per heavy atom. The summed E-state index contributed by atoms with van der Waals surface area (Å²) in [5.41, 5.74) is 2.50. The monoisotopic (exact) mass is 402 g/mol. The van der Waals surface area contributed by atoms with Crippen molar-refractivity contribution >= 4 is 55.8 Å². The van der Waals surface area contributed by atoms with Crippen molar-refractivity contribution in [3.8, 4) is 0 Å². The van der Waals surface area contributed by atoms with Gasteiger partial charge in [-0.1, -0.05) is 97.1 Å². The third-order valence-corrected chi connectivity index (χ3v) is 7.89. The zero-order valence-corrected chi connectivity index (χ0v) is 18.0. The molecule has 1 aromatic heterocycles. The molecule has 0 spiro atoms. The minimum atomic E-state index is -0.139. The molecule has 1 aliphatic carbocycles. The van der Waals surface area contributed by atoms with Crippen LogP contribution in [0.1, 0.15) is 27.8 Å². The molecule has 4 aromatic carbocycles. The molecule has 30 heavy (non-hydrogen) atoms. The molecule has 0 aliphatic heterocycles. The van der Waals surface area contributed by atoms with Crippen LogP contribution in [-0.2, 0) is 5.41 Å². The molecule has 0 bridgehead atoms. The second-order valence-corrected chi connectivity index (χ2v) is 9.63. The maximum Gasteiger partial charge on any atom is 0.0390 e. The minimum Gasteiger partial charge on any atom is -0.143 e. The number of hydrogen-bond donors (Lipinski definition) is 0. The summed E-state index contributed by atoms with van der Waals surface area (Å²) in [5, 5.41) is 8.04. The van der Waals surface area contributed by atoms with Gasteiger partial charge in [0, 0.05) is 15.2 Å². The first-order valence-electron chi connectivity index (χ1n) is 10.5. The molecule has 0 N–H and O–H groups in total. The first kappa shape index (κ1) is 17.7. The van der Waals surface area contributed by atoms with E-state index in [0.717, 1.165) is 0 Å². The Morgan fingerprint density at radius 3 is 1.53 bits per heavy atom. The maximum absolute atomic E-state index is 2.40. The number of fused-ring (bicyclic) bond motifs is 7. The number of rotatable bonds is 1. The molecule has 1 aliphatic rings. The highest BCUT2D eigenvalue weighted by atomic mass is 32.1. The fourth-order valence-electron chi connectivity index (χ4n) is 4.93. The van der Waals surface area contributed by atoms with Crippen molar-refractivity contribution in [1.82, 2.24) is 0 Å². The quantitative estimate of drug-likeness (QED) is 0.246. The summed E-state index contributed by atoms with van der Waals surface area (Å²) >= 11 is 1.93. The molecular formula is C29H22S. The van der Waals surface area contributed by atoms with Crippen LogP contribution in [0.5, 0.6) is 0 Å². The van der Waals surface area contributed by atoms with E-state index in [1.165, 1.54) is 53.2 Å². The summed E-state index contributed by atoms with van der Waals surface area (Å²) < 4.78 is 0. The van der Waals surface area contributed by atoms with Crippen LogP contribution >= 0.6 is 11.3 Å². The number of allylic oxidation sites excluding steroid dienone is 2. The maximum atomic E-state index is 2.40. The van der Waals surface area contributed by atoms with Gasteiger partial charge in [0.15, 0.2) is 0 Å². The van der Waals surface area contributed by atoms with Crippen LogP contribution in [-0.4, -0.2) is 0 Å². The van der Waals surface area contributed by atoms with E-state index < -0.39 is 0 Å². The third kappa shape index (κ3) is 2.45. The van der Waals surface area contributed by atoms with E-state index in [1.807, 2.05) is 11.3 Å². The summed E-state index contributed by atoms with van der Waals surface area (Å²) in [6, 6.07) is 26.4. The molecule has 1 heteroatoms. The van der Waals surface area contributed by atoms with Crippen LogP contribution in [0.25, 0.3) is 44.5 Å². The molecule has 144 valence electrons. The second kappa shape index (κ2) is 6.42. The summed E-state index contributed by atoms with van der Waals surface area (Å²) in [6.07, 6.45) is 9.50. The number of aryl methyl sites for hydroxylation is 1. The second-order valence-electron chi connectivity index (χ2n) is 8.40. The van der Waals surface area contributed by atoms with Gasteiger partial charge in [0.05, 0.1) is 0 Å². The summed E-state index contributed by atoms with van der Waals surface area (Å²) in [5.74, 6) is 0. The van der Waals surface area contributed by atoms with Crippen LogP contribution in [0, 0.1) is 6.92 Å². The van der Waals surface area contributed by atoms with Gasteiger partial charge in [0.2, 0.25) is 0 Å². The lowest BCUT2D eigenvalue weighted by molar-refractivity contribution is 0.793. The van der Waals surface area contributed by atoms with Crippen molar-refractivity contribution in [3.63, 3.8) is 0 Å². The van der Waals surface area contributed by atoms with Gasteiger partial charge >= 0.3 is 0 Å². The zero-order chi connectivity index (χ0) is 20.3. The lowest BCUT2D eigenvalue weighted by Gasteiger charge is -2.20. The molecule has 0 fully saturated rings. The average Bonchev–Trinajstić information content (AvgIpc) is 3.02. The Hall–Kier alpha value is -3.16. The Kier molecular flexibility index (Phi) is 3.78. The first-order valence-corrected chi connectivity index (χ1v) is 11.3. The molecule has 6 rings (SSSR count). The van der Waals surface area contributed by atoms with Crippen LogP contribution in [0.4, 0.5) is 0 Å². The molecule has 5 aromatic rings. The van der Waals surface area contributed by atoms with Crippen LogP contribution in [0.3, 0.4) is 0 Å². The SMILES string of the molecule is Cc1sc(C2(C)C=Cc3c(c4ccccc4c4ccccc34)C=C2)c2ccccc12. The van der Waals surface area contributed by atoms with E-state index in [1.54, 1.807) is 0 Å². The molecule has 1 heterocycles. The van der Waals surface area contributed by atoms with E-state index in [4.69, 9.17) is 0 Å². The molecule has 0 amide bonds. The molecular weight excluding hydrogens is 380 g/mol. The van der Waals surface area contributed by atoms with Gasteiger partial charge in [0.1, 0.15) is 0 Å². The topological polar surface area (TPSA) is 0 Å². The summed E-state index contributed by atoms with van der Waals surface area (Å²) in [7, 11) is 0. The lowest BCUT2D eigenvalue weighted by atomic mass is 9.86. The Labute approximate surface area is 180 Å².